The Hall–Kier alpha value is -0.290. The summed E-state index contributed by atoms with van der Waals surface area (Å²) in [6.45, 7) is 7.97. The molecule has 0 aliphatic carbocycles. The average molecular weight is 318 g/mol. The van der Waals surface area contributed by atoms with Crippen LogP contribution in [0.3, 0.4) is 0 Å². The fraction of sp³-hybridized carbons (Fsp3) is 1.00. The molecule has 124 valence electrons. The van der Waals surface area contributed by atoms with Crippen LogP contribution >= 0.6 is 0 Å². The summed E-state index contributed by atoms with van der Waals surface area (Å²) >= 11 is 0. The molecule has 0 spiro atoms. The Morgan fingerprint density at radius 1 is 0.850 bits per heavy atom. The van der Waals surface area contributed by atoms with Crippen LogP contribution in [-0.4, -0.2) is 68.9 Å². The summed E-state index contributed by atoms with van der Waals surface area (Å²) in [5.41, 5.74) is 0. The fourth-order valence-corrected chi connectivity index (χ4v) is 0.925. The Labute approximate surface area is 120 Å². The molecule has 0 atom stereocenters. The number of ether oxygens (including phenoxy) is 3. The lowest BCUT2D eigenvalue weighted by Crippen LogP contribution is -2.11. The molecular weight excluding hydrogens is 292 g/mol. The van der Waals surface area contributed by atoms with E-state index in [1.54, 1.807) is 0 Å². The van der Waals surface area contributed by atoms with Gasteiger partial charge in [-0.3, -0.25) is 9.11 Å². The summed E-state index contributed by atoms with van der Waals surface area (Å²) in [4.78, 5) is 0. The molecular formula is C11H26O8S. The van der Waals surface area contributed by atoms with Gasteiger partial charge in [-0.15, -0.1) is 0 Å². The van der Waals surface area contributed by atoms with Crippen molar-refractivity contribution in [3.05, 3.63) is 0 Å². The molecule has 0 aromatic heterocycles. The van der Waals surface area contributed by atoms with Gasteiger partial charge in [0.1, 0.15) is 0 Å². The predicted molar refractivity (Wildman–Crippen MR) is 73.2 cm³/mol. The van der Waals surface area contributed by atoms with Crippen LogP contribution in [0.15, 0.2) is 0 Å². The first-order chi connectivity index (χ1) is 9.27. The second kappa shape index (κ2) is 15.1. The third kappa shape index (κ3) is 36.1. The first-order valence-corrected chi connectivity index (χ1v) is 7.71. The van der Waals surface area contributed by atoms with E-state index in [9.17, 15) is 0 Å². The number of rotatable bonds is 11. The molecule has 9 heteroatoms. The number of hydrogen-bond acceptors (Lipinski definition) is 6. The summed E-state index contributed by atoms with van der Waals surface area (Å²) in [5.74, 6) is 0.692. The van der Waals surface area contributed by atoms with Gasteiger partial charge in [-0.05, 0) is 12.3 Å². The third-order valence-corrected chi connectivity index (χ3v) is 1.82. The van der Waals surface area contributed by atoms with E-state index in [2.05, 4.69) is 13.8 Å². The summed E-state index contributed by atoms with van der Waals surface area (Å²) < 4.78 is 47.2. The van der Waals surface area contributed by atoms with Crippen LogP contribution < -0.4 is 0 Å². The van der Waals surface area contributed by atoms with Gasteiger partial charge < -0.3 is 19.3 Å². The van der Waals surface area contributed by atoms with Crippen LogP contribution in [0.25, 0.3) is 0 Å². The predicted octanol–water partition coefficient (Wildman–Crippen LogP) is 0.422. The Kier molecular flexibility index (Phi) is 16.6. The SMILES string of the molecule is CC(C)CCOCCOCCOCCO.O=S(=O)(O)O. The zero-order valence-electron chi connectivity index (χ0n) is 12.0. The van der Waals surface area contributed by atoms with Crippen molar-refractivity contribution in [1.29, 1.82) is 0 Å². The Balaban J connectivity index is 0. The van der Waals surface area contributed by atoms with Gasteiger partial charge in [-0.2, -0.15) is 8.42 Å². The van der Waals surface area contributed by atoms with E-state index in [0.29, 0.717) is 39.0 Å². The molecule has 0 rings (SSSR count). The van der Waals surface area contributed by atoms with Crippen molar-refractivity contribution in [2.45, 2.75) is 20.3 Å². The highest BCUT2D eigenvalue weighted by molar-refractivity contribution is 7.79. The molecule has 0 amide bonds. The smallest absolute Gasteiger partial charge is 0.394 e. The third-order valence-electron chi connectivity index (χ3n) is 1.82. The van der Waals surface area contributed by atoms with Crippen molar-refractivity contribution >= 4 is 10.4 Å². The quantitative estimate of drug-likeness (QED) is 0.370. The minimum absolute atomic E-state index is 0.0678. The summed E-state index contributed by atoms with van der Waals surface area (Å²) in [6.07, 6.45) is 1.10. The maximum absolute atomic E-state index is 8.74. The lowest BCUT2D eigenvalue weighted by molar-refractivity contribution is 0.00635. The van der Waals surface area contributed by atoms with Crippen LogP contribution in [-0.2, 0) is 24.6 Å². The minimum atomic E-state index is -4.67. The topological polar surface area (TPSA) is 123 Å². The lowest BCUT2D eigenvalue weighted by Gasteiger charge is -2.07. The largest absolute Gasteiger partial charge is 0.394 e. The lowest BCUT2D eigenvalue weighted by atomic mass is 10.1. The molecule has 3 N–H and O–H groups in total. The van der Waals surface area contributed by atoms with E-state index >= 15 is 0 Å². The van der Waals surface area contributed by atoms with Gasteiger partial charge in [0.2, 0.25) is 0 Å². The van der Waals surface area contributed by atoms with E-state index in [1.165, 1.54) is 0 Å². The number of hydrogen-bond donors (Lipinski definition) is 3. The second-order valence-electron chi connectivity index (χ2n) is 4.19. The van der Waals surface area contributed by atoms with E-state index in [4.69, 9.17) is 36.8 Å². The van der Waals surface area contributed by atoms with Crippen molar-refractivity contribution in [3.8, 4) is 0 Å². The van der Waals surface area contributed by atoms with Gasteiger partial charge in [-0.1, -0.05) is 13.8 Å². The summed E-state index contributed by atoms with van der Waals surface area (Å²) in [7, 11) is -4.67. The minimum Gasteiger partial charge on any atom is -0.394 e. The number of aliphatic hydroxyl groups is 1. The van der Waals surface area contributed by atoms with Crippen LogP contribution in [0.5, 0.6) is 0 Å². The average Bonchev–Trinajstić information content (AvgIpc) is 2.29. The molecule has 0 aliphatic heterocycles. The standard InChI is InChI=1S/C11H24O4.H2O4S/c1-11(2)3-5-13-7-9-15-10-8-14-6-4-12;1-5(2,3)4/h11-12H,3-10H2,1-2H3;(H2,1,2,3,4). The molecule has 0 fully saturated rings. The molecule has 0 heterocycles. The molecule has 0 aromatic carbocycles. The van der Waals surface area contributed by atoms with E-state index in [1.807, 2.05) is 0 Å². The van der Waals surface area contributed by atoms with Crippen molar-refractivity contribution < 1.29 is 36.8 Å². The fourth-order valence-electron chi connectivity index (χ4n) is 0.925. The van der Waals surface area contributed by atoms with Crippen LogP contribution in [0.4, 0.5) is 0 Å². The maximum Gasteiger partial charge on any atom is 0.394 e. The molecule has 0 saturated heterocycles. The van der Waals surface area contributed by atoms with Crippen molar-refractivity contribution in [3.63, 3.8) is 0 Å². The first kappa shape index (κ1) is 22.0. The van der Waals surface area contributed by atoms with Gasteiger partial charge in [0.15, 0.2) is 0 Å². The zero-order valence-corrected chi connectivity index (χ0v) is 12.8. The van der Waals surface area contributed by atoms with Crippen LogP contribution in [0.2, 0.25) is 0 Å². The molecule has 0 aromatic rings. The van der Waals surface area contributed by atoms with Gasteiger partial charge >= 0.3 is 10.4 Å². The van der Waals surface area contributed by atoms with E-state index in [-0.39, 0.29) is 6.61 Å². The van der Waals surface area contributed by atoms with Crippen molar-refractivity contribution in [2.75, 3.05) is 46.2 Å². The monoisotopic (exact) mass is 318 g/mol. The molecule has 20 heavy (non-hydrogen) atoms. The molecule has 0 unspecified atom stereocenters. The summed E-state index contributed by atoms with van der Waals surface area (Å²) in [5, 5.41) is 8.43. The molecule has 0 saturated carbocycles. The summed E-state index contributed by atoms with van der Waals surface area (Å²) in [6, 6.07) is 0. The Bertz CT molecular complexity index is 270. The normalized spacial score (nSPS) is 11.3. The number of aliphatic hydroxyl groups excluding tert-OH is 1. The van der Waals surface area contributed by atoms with Crippen molar-refractivity contribution in [1.82, 2.24) is 0 Å². The van der Waals surface area contributed by atoms with Gasteiger partial charge in [-0.25, -0.2) is 0 Å². The Morgan fingerprint density at radius 3 is 1.55 bits per heavy atom. The second-order valence-corrected chi connectivity index (χ2v) is 5.09. The van der Waals surface area contributed by atoms with E-state index in [0.717, 1.165) is 13.0 Å². The van der Waals surface area contributed by atoms with Crippen LogP contribution in [0.1, 0.15) is 20.3 Å². The molecule has 0 aliphatic rings. The maximum atomic E-state index is 8.74. The highest BCUT2D eigenvalue weighted by Crippen LogP contribution is 1.98. The highest BCUT2D eigenvalue weighted by Gasteiger charge is 1.94. The van der Waals surface area contributed by atoms with Gasteiger partial charge in [0.05, 0.1) is 39.6 Å². The van der Waals surface area contributed by atoms with Gasteiger partial charge in [0, 0.05) is 6.61 Å². The van der Waals surface area contributed by atoms with Gasteiger partial charge in [0.25, 0.3) is 0 Å². The zero-order chi connectivity index (χ0) is 15.9. The molecule has 0 bridgehead atoms. The van der Waals surface area contributed by atoms with E-state index < -0.39 is 10.4 Å². The first-order valence-electron chi connectivity index (χ1n) is 6.31. The van der Waals surface area contributed by atoms with Crippen LogP contribution in [0, 0.1) is 5.92 Å². The highest BCUT2D eigenvalue weighted by atomic mass is 32.3. The Morgan fingerprint density at radius 2 is 1.20 bits per heavy atom. The molecule has 8 nitrogen and oxygen atoms in total. The molecule has 0 radical (unpaired) electrons. The van der Waals surface area contributed by atoms with Crippen molar-refractivity contribution in [2.24, 2.45) is 5.92 Å².